The predicted molar refractivity (Wildman–Crippen MR) is 217 cm³/mol. The molecule has 0 N–H and O–H groups in total. The number of thioether (sulfide) groups is 3. The van der Waals surface area contributed by atoms with Gasteiger partial charge in [0.1, 0.15) is 4.91 Å². The monoisotopic (exact) mass is 730 g/mol. The van der Waals surface area contributed by atoms with Crippen molar-refractivity contribution in [3.05, 3.63) is 145 Å². The summed E-state index contributed by atoms with van der Waals surface area (Å²) in [5.41, 5.74) is 8.98. The zero-order valence-corrected chi connectivity index (χ0v) is 31.9. The third-order valence-corrected chi connectivity index (χ3v) is 14.1. The fourth-order valence-electron chi connectivity index (χ4n) is 7.26. The van der Waals surface area contributed by atoms with E-state index in [0.717, 1.165) is 44.9 Å². The Morgan fingerprint density at radius 1 is 0.780 bits per heavy atom. The van der Waals surface area contributed by atoms with Crippen LogP contribution in [0.15, 0.2) is 122 Å². The van der Waals surface area contributed by atoms with Gasteiger partial charge in [0.15, 0.2) is 6.54 Å². The Bertz CT molecular complexity index is 2110. The minimum absolute atomic E-state index is 0.0797. The van der Waals surface area contributed by atoms with Crippen LogP contribution in [0, 0.1) is 0 Å². The predicted octanol–water partition coefficient (Wildman–Crippen LogP) is 11.0. The molecule has 8 rings (SSSR count). The lowest BCUT2D eigenvalue weighted by Crippen LogP contribution is -2.21. The van der Waals surface area contributed by atoms with Crippen molar-refractivity contribution in [3.8, 4) is 0 Å². The van der Waals surface area contributed by atoms with E-state index in [1.165, 1.54) is 67.7 Å². The Morgan fingerprint density at radius 3 is 2.22 bits per heavy atom. The molecule has 0 radical (unpaired) electrons. The first-order valence-corrected chi connectivity index (χ1v) is 20.9. The van der Waals surface area contributed by atoms with Crippen molar-refractivity contribution >= 4 is 79.4 Å². The van der Waals surface area contributed by atoms with Crippen LogP contribution in [0.3, 0.4) is 0 Å². The van der Waals surface area contributed by atoms with Crippen molar-refractivity contribution in [2.45, 2.75) is 51.3 Å². The van der Waals surface area contributed by atoms with Crippen LogP contribution in [0.5, 0.6) is 0 Å². The molecular weight excluding hydrogens is 691 g/mol. The zero-order chi connectivity index (χ0) is 34.2. The number of rotatable bonds is 8. The van der Waals surface area contributed by atoms with E-state index in [1.54, 1.807) is 34.9 Å². The highest BCUT2D eigenvalue weighted by atomic mass is 32.2. The van der Waals surface area contributed by atoms with Crippen molar-refractivity contribution in [3.63, 3.8) is 0 Å². The summed E-state index contributed by atoms with van der Waals surface area (Å²) in [4.78, 5) is 23.9. The number of anilines is 1. The maximum atomic E-state index is 14.4. The summed E-state index contributed by atoms with van der Waals surface area (Å²) < 4.78 is 1.96. The number of fused-ring (bicyclic) bond motifs is 3. The van der Waals surface area contributed by atoms with Crippen LogP contribution in [0.1, 0.15) is 60.7 Å². The summed E-state index contributed by atoms with van der Waals surface area (Å²) in [6.45, 7) is 8.83. The van der Waals surface area contributed by atoms with Crippen molar-refractivity contribution in [1.29, 1.82) is 0 Å². The van der Waals surface area contributed by atoms with E-state index in [9.17, 15) is 4.79 Å². The molecule has 3 aliphatic heterocycles. The third-order valence-electron chi connectivity index (χ3n) is 9.67. The van der Waals surface area contributed by atoms with Gasteiger partial charge in [0, 0.05) is 39.4 Å². The molecule has 8 heteroatoms. The summed E-state index contributed by atoms with van der Waals surface area (Å²) in [7, 11) is 0. The van der Waals surface area contributed by atoms with Crippen LogP contribution in [0.4, 0.5) is 5.69 Å². The Kier molecular flexibility index (Phi) is 9.71. The molecule has 50 heavy (non-hydrogen) atoms. The minimum Gasteiger partial charge on any atom is -0.335 e. The summed E-state index contributed by atoms with van der Waals surface area (Å²) in [5.74, 6) is 0.0797. The molecule has 252 valence electrons. The number of aryl methyl sites for hydroxylation is 1. The Hall–Kier alpha value is -3.69. The van der Waals surface area contributed by atoms with Crippen LogP contribution in [-0.4, -0.2) is 40.1 Å². The van der Waals surface area contributed by atoms with E-state index in [2.05, 4.69) is 133 Å². The summed E-state index contributed by atoms with van der Waals surface area (Å²) in [6.07, 6.45) is 9.41. The maximum Gasteiger partial charge on any atom is 0.427 e. The molecule has 0 bridgehead atoms. The van der Waals surface area contributed by atoms with Gasteiger partial charge < -0.3 is 9.80 Å². The number of likely N-dealkylation sites (N-methyl/N-ethyl adjacent to an activating group) is 1. The van der Waals surface area contributed by atoms with Crippen molar-refractivity contribution in [1.82, 2.24) is 4.90 Å². The largest absolute Gasteiger partial charge is 0.427 e. The van der Waals surface area contributed by atoms with E-state index >= 15 is 0 Å². The Labute approximate surface area is 312 Å². The van der Waals surface area contributed by atoms with Crippen LogP contribution >= 0.6 is 46.6 Å². The molecule has 1 aromatic heterocycles. The normalized spacial score (nSPS) is 20.1. The molecule has 0 unspecified atom stereocenters. The van der Waals surface area contributed by atoms with Gasteiger partial charge in [-0.2, -0.15) is 4.58 Å². The first-order valence-electron chi connectivity index (χ1n) is 17.6. The average molecular weight is 731 g/mol. The number of carbonyl (C=O) groups is 1. The third kappa shape index (κ3) is 6.04. The lowest BCUT2D eigenvalue weighted by molar-refractivity contribution is -0.435. The first-order chi connectivity index (χ1) is 24.6. The minimum atomic E-state index is 0.0797. The molecule has 1 aliphatic carbocycles. The van der Waals surface area contributed by atoms with Gasteiger partial charge in [0.25, 0.3) is 5.04 Å². The second kappa shape index (κ2) is 14.5. The van der Waals surface area contributed by atoms with Gasteiger partial charge >= 0.3 is 5.91 Å². The van der Waals surface area contributed by atoms with Crippen molar-refractivity contribution in [2.75, 3.05) is 24.5 Å². The second-order valence-electron chi connectivity index (χ2n) is 12.5. The molecule has 3 aromatic carbocycles. The van der Waals surface area contributed by atoms with Gasteiger partial charge in [0.2, 0.25) is 0 Å². The van der Waals surface area contributed by atoms with Gasteiger partial charge in [-0.25, -0.2) is 4.79 Å². The molecule has 0 spiro atoms. The molecule has 0 fully saturated rings. The molecule has 0 saturated heterocycles. The van der Waals surface area contributed by atoms with E-state index < -0.39 is 0 Å². The van der Waals surface area contributed by atoms with Gasteiger partial charge in [-0.05, 0) is 104 Å². The number of allylic oxidation sites excluding steroid dienone is 2. The van der Waals surface area contributed by atoms with Crippen LogP contribution in [-0.2, 0) is 17.6 Å². The first kappa shape index (κ1) is 33.5. The SMILES string of the molecule is CCN1C(=CC2=[N+](CC)C(=O)/C(=C(\C=C3/Sc4c(ccc5c4CCCC5)N3CC)c3cccs3)S2)SC(c2ccccc2)=C1c1ccccc1. The summed E-state index contributed by atoms with van der Waals surface area (Å²) in [6, 6.07) is 30.3. The lowest BCUT2D eigenvalue weighted by Gasteiger charge is -2.21. The molecular formula is C42H40N3OS4+. The lowest BCUT2D eigenvalue weighted by atomic mass is 9.91. The van der Waals surface area contributed by atoms with Gasteiger partial charge in [-0.15, -0.1) is 11.3 Å². The van der Waals surface area contributed by atoms with E-state index in [-0.39, 0.29) is 5.91 Å². The number of benzene rings is 3. The average Bonchev–Trinajstić information content (AvgIpc) is 3.96. The number of hydrogen-bond donors (Lipinski definition) is 0. The molecule has 4 heterocycles. The van der Waals surface area contributed by atoms with Crippen LogP contribution in [0.2, 0.25) is 0 Å². The van der Waals surface area contributed by atoms with Crippen LogP contribution < -0.4 is 4.90 Å². The van der Waals surface area contributed by atoms with Gasteiger partial charge in [-0.1, -0.05) is 96.3 Å². The molecule has 4 aromatic rings. The highest BCUT2D eigenvalue weighted by molar-refractivity contribution is 8.19. The smallest absolute Gasteiger partial charge is 0.335 e. The zero-order valence-electron chi connectivity index (χ0n) is 28.6. The number of amides is 1. The quantitative estimate of drug-likeness (QED) is 0.132. The maximum absolute atomic E-state index is 14.4. The number of hydrogen-bond acceptors (Lipinski definition) is 7. The number of carbonyl (C=O) groups excluding carboxylic acids is 1. The van der Waals surface area contributed by atoms with E-state index in [1.807, 2.05) is 16.3 Å². The van der Waals surface area contributed by atoms with Gasteiger partial charge in [-0.3, -0.25) is 0 Å². The summed E-state index contributed by atoms with van der Waals surface area (Å²) in [5, 5.41) is 5.43. The topological polar surface area (TPSA) is 26.6 Å². The van der Waals surface area contributed by atoms with Gasteiger partial charge in [0.05, 0.1) is 21.4 Å². The molecule has 4 nitrogen and oxygen atoms in total. The second-order valence-corrected chi connectivity index (χ2v) is 16.6. The van der Waals surface area contributed by atoms with Crippen LogP contribution in [0.25, 0.3) is 16.2 Å². The Balaban J connectivity index is 1.20. The number of nitrogens with zero attached hydrogens (tertiary/aromatic N) is 3. The van der Waals surface area contributed by atoms with Crippen molar-refractivity contribution < 1.29 is 9.37 Å². The molecule has 0 atom stereocenters. The fraction of sp³-hybridized carbons (Fsp3) is 0.238. The molecule has 4 aliphatic rings. The van der Waals surface area contributed by atoms with Crippen molar-refractivity contribution in [2.24, 2.45) is 0 Å². The Morgan fingerprint density at radius 2 is 1.52 bits per heavy atom. The number of thiophene rings is 1. The highest BCUT2D eigenvalue weighted by Gasteiger charge is 2.41. The standard InChI is InChI=1S/C42H40N3OS4/c1-4-43-33-24-23-28-16-13-14-21-31(28)40(33)49-35(43)26-32(34-22-15-25-47-34)41-42(46)45(6-3)37(50-41)27-36-44(5-2)38(29-17-9-7-10-18-29)39(48-36)30-19-11-8-12-20-30/h7-12,15,17-20,22-27H,4-6,13-14,16,21H2,1-3H3/q+1/b35-26-,41-32-. The highest BCUT2D eigenvalue weighted by Crippen LogP contribution is 2.53. The summed E-state index contributed by atoms with van der Waals surface area (Å²) >= 11 is 7.02. The molecule has 1 amide bonds. The van der Waals surface area contributed by atoms with E-state index in [0.29, 0.717) is 6.54 Å². The molecule has 0 saturated carbocycles. The fourth-order valence-corrected chi connectivity index (χ4v) is 12.0. The van der Waals surface area contributed by atoms with E-state index in [4.69, 9.17) is 0 Å².